The van der Waals surface area contributed by atoms with Crippen molar-refractivity contribution in [2.45, 2.75) is 50.4 Å². The summed E-state index contributed by atoms with van der Waals surface area (Å²) in [5.74, 6) is -9.76. The van der Waals surface area contributed by atoms with Crippen LogP contribution in [0.5, 0.6) is 0 Å². The Morgan fingerprint density at radius 1 is 0.700 bits per heavy atom. The fourth-order valence-corrected chi connectivity index (χ4v) is 12.8. The molecule has 15 heteroatoms. The summed E-state index contributed by atoms with van der Waals surface area (Å²) < 4.78 is 33.3. The number of carbonyl (C=O) groups excluding carboxylic acids is 7. The Morgan fingerprint density at radius 2 is 1.10 bits per heavy atom. The van der Waals surface area contributed by atoms with Crippen LogP contribution in [-0.2, 0) is 57.2 Å². The van der Waals surface area contributed by atoms with Gasteiger partial charge in [-0.2, -0.15) is 0 Å². The van der Waals surface area contributed by atoms with Crippen molar-refractivity contribution in [3.63, 3.8) is 0 Å². The lowest BCUT2D eigenvalue weighted by Gasteiger charge is -2.55. The Morgan fingerprint density at radius 3 is 1.46 bits per heavy atom. The maximum atomic E-state index is 14.3. The molecule has 8 rings (SSSR count). The van der Waals surface area contributed by atoms with E-state index in [0.717, 1.165) is 0 Å². The van der Waals surface area contributed by atoms with E-state index in [1.54, 1.807) is 20.8 Å². The van der Waals surface area contributed by atoms with Gasteiger partial charge in [-0.15, -0.1) is 0 Å². The summed E-state index contributed by atoms with van der Waals surface area (Å²) in [6.07, 6.45) is 0.286. The summed E-state index contributed by atoms with van der Waals surface area (Å²) in [4.78, 5) is 96.3. The van der Waals surface area contributed by atoms with Crippen LogP contribution in [0.4, 0.5) is 4.79 Å². The average Bonchev–Trinajstić information content (AvgIpc) is 3.91. The lowest BCUT2D eigenvalue weighted by atomic mass is 9.44. The van der Waals surface area contributed by atoms with Crippen molar-refractivity contribution in [3.05, 3.63) is 11.1 Å². The third-order valence-corrected chi connectivity index (χ3v) is 13.5. The normalized spacial score (nSPS) is 43.5. The number of esters is 4. The number of hydrogen-bond donors (Lipinski definition) is 1. The second kappa shape index (κ2) is 10.5. The van der Waals surface area contributed by atoms with Gasteiger partial charge in [0.05, 0.1) is 51.4 Å². The van der Waals surface area contributed by atoms with E-state index < -0.39 is 106 Å². The number of fused-ring (bicyclic) bond motifs is 22. The Hall–Kier alpha value is -4.01. The number of likely N-dealkylation sites (tertiary alicyclic amines) is 1. The molecule has 0 unspecified atom stereocenters. The number of nitrogens with zero attached hydrogens (tertiary/aromatic N) is 1. The molecule has 50 heavy (non-hydrogen) atoms. The lowest BCUT2D eigenvalue weighted by molar-refractivity contribution is -0.188. The van der Waals surface area contributed by atoms with Crippen LogP contribution in [0.2, 0.25) is 0 Å². The zero-order valence-corrected chi connectivity index (χ0v) is 29.0. The minimum absolute atomic E-state index is 0.0102. The SMILES string of the molecule is COC(=O)C1=C(C(=O)OC)[C@H]2[C@H]3C[C@@H]([C@@H]12)[C@H]1[C@@H]3[C@@]2(C(=O)OC)O[C@]1(C(=O)OC)[C@@H]1[C@@H]3C[C@@H]([C@@H]4C(=O)N(CCNC(=O)OC(C)(C)C)C(=O)[C@H]34)[C@@H]12. The molecule has 6 bridgehead atoms. The van der Waals surface area contributed by atoms with Crippen LogP contribution in [0, 0.1) is 71.0 Å². The highest BCUT2D eigenvalue weighted by molar-refractivity contribution is 6.07. The van der Waals surface area contributed by atoms with Crippen molar-refractivity contribution in [1.82, 2.24) is 10.2 Å². The molecule has 8 aliphatic rings. The van der Waals surface area contributed by atoms with Gasteiger partial charge in [-0.25, -0.2) is 24.0 Å². The van der Waals surface area contributed by atoms with E-state index in [9.17, 15) is 33.6 Å². The molecule has 3 heterocycles. The molecule has 7 fully saturated rings. The molecular weight excluding hydrogens is 656 g/mol. The highest BCUT2D eigenvalue weighted by atomic mass is 16.6. The fourth-order valence-electron chi connectivity index (χ4n) is 12.8. The minimum Gasteiger partial charge on any atom is -0.467 e. The van der Waals surface area contributed by atoms with Gasteiger partial charge in [0.15, 0.2) is 11.2 Å². The van der Waals surface area contributed by atoms with Gasteiger partial charge in [0.25, 0.3) is 0 Å². The van der Waals surface area contributed by atoms with E-state index in [1.807, 2.05) is 0 Å². The molecule has 0 spiro atoms. The predicted octanol–water partition coefficient (Wildman–Crippen LogP) is 0.633. The molecule has 3 saturated heterocycles. The number of ether oxygens (including phenoxy) is 6. The van der Waals surface area contributed by atoms with E-state index >= 15 is 0 Å². The van der Waals surface area contributed by atoms with Crippen LogP contribution >= 0.6 is 0 Å². The third-order valence-electron chi connectivity index (χ3n) is 13.5. The van der Waals surface area contributed by atoms with Crippen molar-refractivity contribution in [3.8, 4) is 0 Å². The van der Waals surface area contributed by atoms with Crippen molar-refractivity contribution >= 4 is 41.8 Å². The van der Waals surface area contributed by atoms with Crippen LogP contribution in [0.15, 0.2) is 11.1 Å². The van der Waals surface area contributed by atoms with E-state index in [-0.39, 0.29) is 47.9 Å². The molecule has 270 valence electrons. The number of rotatable bonds is 7. The summed E-state index contributed by atoms with van der Waals surface area (Å²) in [5, 5.41) is 2.60. The highest BCUT2D eigenvalue weighted by Crippen LogP contribution is 2.84. The van der Waals surface area contributed by atoms with E-state index in [0.29, 0.717) is 12.8 Å². The molecule has 0 aromatic carbocycles. The molecule has 3 aliphatic heterocycles. The predicted molar refractivity (Wildman–Crippen MR) is 164 cm³/mol. The van der Waals surface area contributed by atoms with E-state index in [2.05, 4.69) is 5.32 Å². The lowest BCUT2D eigenvalue weighted by Crippen LogP contribution is -2.65. The number of nitrogens with one attached hydrogen (secondary N) is 1. The number of carbonyl (C=O) groups is 7. The first-order valence-electron chi connectivity index (χ1n) is 17.3. The summed E-state index contributed by atoms with van der Waals surface area (Å²) in [6.45, 7) is 5.11. The second-order valence-electron chi connectivity index (χ2n) is 16.1. The van der Waals surface area contributed by atoms with Gasteiger partial charge >= 0.3 is 30.0 Å². The summed E-state index contributed by atoms with van der Waals surface area (Å²) >= 11 is 0. The monoisotopic (exact) mass is 698 g/mol. The largest absolute Gasteiger partial charge is 0.467 e. The number of hydrogen-bond acceptors (Lipinski definition) is 13. The zero-order chi connectivity index (χ0) is 36.0. The standard InChI is InChI=1S/C35H42N2O13/c1-33(2,3)49-32(44)36-8-9-37-26(38)18-14-11-15(19(18)27(37)39)25-24(14)34(30(42)47-6)22-12-10-13(23(22)35(25,50-34)31(43)48-7)17-16(12)20(28(40)45-4)21(17)29(41)46-5/h12-19,22-25H,8-11H2,1-7H3,(H,36,44)/t12-,13+,14+,15-,16+,17-,18+,19-,22-,23+,24+,25-,34-,35+. The van der Waals surface area contributed by atoms with Crippen molar-refractivity contribution in [2.24, 2.45) is 71.0 Å². The number of methoxy groups -OCH3 is 4. The zero-order valence-electron chi connectivity index (χ0n) is 29.0. The molecule has 14 atom stereocenters. The van der Waals surface area contributed by atoms with Crippen LogP contribution in [0.1, 0.15) is 33.6 Å². The van der Waals surface area contributed by atoms with Gasteiger partial charge in [0, 0.05) is 48.6 Å². The Balaban J connectivity index is 1.18. The average molecular weight is 699 g/mol. The van der Waals surface area contributed by atoms with Gasteiger partial charge in [0.2, 0.25) is 11.8 Å². The first-order valence-corrected chi connectivity index (χ1v) is 17.3. The molecule has 1 N–H and O–H groups in total. The Bertz CT molecular complexity index is 1580. The quantitative estimate of drug-likeness (QED) is 0.222. The second-order valence-corrected chi connectivity index (χ2v) is 16.1. The molecule has 4 saturated carbocycles. The van der Waals surface area contributed by atoms with Gasteiger partial charge in [-0.3, -0.25) is 14.5 Å². The maximum absolute atomic E-state index is 14.3. The van der Waals surface area contributed by atoms with Crippen molar-refractivity contribution in [1.29, 1.82) is 0 Å². The first-order chi connectivity index (χ1) is 23.7. The summed E-state index contributed by atoms with van der Waals surface area (Å²) in [5.41, 5.74) is -3.57. The minimum atomic E-state index is -1.65. The van der Waals surface area contributed by atoms with Crippen molar-refractivity contribution < 1.29 is 62.0 Å². The molecule has 0 aromatic rings. The van der Waals surface area contributed by atoms with Crippen LogP contribution in [0.3, 0.4) is 0 Å². The molecule has 0 aromatic heterocycles. The smallest absolute Gasteiger partial charge is 0.407 e. The van der Waals surface area contributed by atoms with Crippen LogP contribution in [-0.4, -0.2) is 105 Å². The Kier molecular flexibility index (Phi) is 6.97. The fraction of sp³-hybridized carbons (Fsp3) is 0.743. The summed E-state index contributed by atoms with van der Waals surface area (Å²) in [7, 11) is 5.00. The van der Waals surface area contributed by atoms with Gasteiger partial charge < -0.3 is 33.7 Å². The van der Waals surface area contributed by atoms with E-state index in [4.69, 9.17) is 28.4 Å². The molecule has 5 aliphatic carbocycles. The van der Waals surface area contributed by atoms with Crippen LogP contribution in [0.25, 0.3) is 0 Å². The third kappa shape index (κ3) is 3.66. The molecule has 0 radical (unpaired) electrons. The van der Waals surface area contributed by atoms with Gasteiger partial charge in [-0.05, 0) is 57.3 Å². The topological polar surface area (TPSA) is 190 Å². The van der Waals surface area contributed by atoms with Gasteiger partial charge in [0.1, 0.15) is 5.60 Å². The molecule has 15 nitrogen and oxygen atoms in total. The van der Waals surface area contributed by atoms with Crippen molar-refractivity contribution in [2.75, 3.05) is 41.5 Å². The molecule has 3 amide bonds. The number of alkyl carbamates (subject to hydrolysis) is 1. The van der Waals surface area contributed by atoms with E-state index in [1.165, 1.54) is 33.3 Å². The number of imide groups is 1. The molecular formula is C35H42N2O13. The number of amides is 3. The van der Waals surface area contributed by atoms with Crippen LogP contribution < -0.4 is 5.32 Å². The van der Waals surface area contributed by atoms with Gasteiger partial charge in [-0.1, -0.05) is 0 Å². The first kappa shape index (κ1) is 33.2. The summed E-state index contributed by atoms with van der Waals surface area (Å²) in [6, 6.07) is 0. The Labute approximate surface area is 288 Å². The highest BCUT2D eigenvalue weighted by Gasteiger charge is 2.93. The maximum Gasteiger partial charge on any atom is 0.407 e.